The Kier molecular flexibility index (Phi) is 6.11. The maximum Gasteiger partial charge on any atom is 0.267 e. The van der Waals surface area contributed by atoms with E-state index in [1.807, 2.05) is 23.1 Å². The van der Waals surface area contributed by atoms with Crippen LogP contribution in [-0.2, 0) is 9.59 Å². The third kappa shape index (κ3) is 4.37. The van der Waals surface area contributed by atoms with Crippen LogP contribution >= 0.6 is 23.1 Å². The van der Waals surface area contributed by atoms with Crippen molar-refractivity contribution >= 4 is 45.1 Å². The molecule has 2 aliphatic rings. The molecule has 2 amide bonds. The van der Waals surface area contributed by atoms with Gasteiger partial charge in [-0.3, -0.25) is 9.59 Å². The van der Waals surface area contributed by atoms with Crippen molar-refractivity contribution in [3.8, 4) is 11.5 Å². The number of hydrogen-bond donors (Lipinski definition) is 0. The predicted octanol–water partition coefficient (Wildman–Crippen LogP) is 2.91. The number of rotatable bonds is 4. The van der Waals surface area contributed by atoms with Crippen molar-refractivity contribution in [1.29, 1.82) is 0 Å². The van der Waals surface area contributed by atoms with E-state index in [9.17, 15) is 9.59 Å². The van der Waals surface area contributed by atoms with Crippen molar-refractivity contribution in [2.75, 3.05) is 38.5 Å². The number of aromatic nitrogens is 2. The average molecular weight is 485 g/mol. The van der Waals surface area contributed by atoms with Gasteiger partial charge in [0.05, 0.1) is 5.75 Å². The molecule has 0 radical (unpaired) electrons. The summed E-state index contributed by atoms with van der Waals surface area (Å²) in [4.78, 5) is 40.2. The standard InChI is InChI=1S/C23H24N4O4S2/c1-14-15(2)33-22-20(14)21(24-13-25-22)32-12-19(28)26-7-9-27(10-8-26)23(29)18-11-30-16-5-3-4-6-17(16)31-18/h3-6,13,18H,7-12H2,1-2H3. The molecule has 0 aliphatic carbocycles. The summed E-state index contributed by atoms with van der Waals surface area (Å²) in [5, 5.41) is 1.89. The first-order valence-electron chi connectivity index (χ1n) is 10.8. The number of carbonyl (C=O) groups is 2. The van der Waals surface area contributed by atoms with E-state index in [0.29, 0.717) is 43.4 Å². The molecule has 1 saturated heterocycles. The second-order valence-electron chi connectivity index (χ2n) is 8.00. The van der Waals surface area contributed by atoms with E-state index in [0.717, 1.165) is 15.2 Å². The fraction of sp³-hybridized carbons (Fsp3) is 0.391. The number of benzene rings is 1. The minimum atomic E-state index is -0.657. The highest BCUT2D eigenvalue weighted by molar-refractivity contribution is 8.00. The molecule has 10 heteroatoms. The van der Waals surface area contributed by atoms with Crippen LogP contribution in [0.3, 0.4) is 0 Å². The first-order chi connectivity index (χ1) is 16.0. The third-order valence-corrected chi connectivity index (χ3v) is 8.08. The number of carbonyl (C=O) groups excluding carboxylic acids is 2. The van der Waals surface area contributed by atoms with Crippen LogP contribution in [0.1, 0.15) is 10.4 Å². The number of nitrogens with zero attached hydrogens (tertiary/aromatic N) is 4. The lowest BCUT2D eigenvalue weighted by atomic mass is 10.2. The largest absolute Gasteiger partial charge is 0.485 e. The molecular weight excluding hydrogens is 460 g/mol. The molecule has 2 aromatic heterocycles. The number of hydrogen-bond acceptors (Lipinski definition) is 8. The van der Waals surface area contributed by atoms with Gasteiger partial charge in [0.2, 0.25) is 12.0 Å². The maximum absolute atomic E-state index is 12.9. The van der Waals surface area contributed by atoms with Gasteiger partial charge in [-0.15, -0.1) is 11.3 Å². The number of thiophene rings is 1. The summed E-state index contributed by atoms with van der Waals surface area (Å²) >= 11 is 3.10. The Balaban J connectivity index is 1.15. The SMILES string of the molecule is Cc1sc2ncnc(SCC(=O)N3CCN(C(=O)C4COc5ccccc5O4)CC3)c2c1C. The predicted molar refractivity (Wildman–Crippen MR) is 127 cm³/mol. The van der Waals surface area contributed by atoms with Crippen molar-refractivity contribution in [3.63, 3.8) is 0 Å². The zero-order chi connectivity index (χ0) is 22.9. The fourth-order valence-electron chi connectivity index (χ4n) is 4.00. The van der Waals surface area contributed by atoms with Gasteiger partial charge in [0.15, 0.2) is 11.5 Å². The summed E-state index contributed by atoms with van der Waals surface area (Å²) in [6, 6.07) is 7.35. The van der Waals surface area contributed by atoms with Gasteiger partial charge in [0.25, 0.3) is 5.91 Å². The lowest BCUT2D eigenvalue weighted by molar-refractivity contribution is -0.145. The van der Waals surface area contributed by atoms with Crippen molar-refractivity contribution in [3.05, 3.63) is 41.0 Å². The van der Waals surface area contributed by atoms with Crippen LogP contribution in [0.4, 0.5) is 0 Å². The van der Waals surface area contributed by atoms with Gasteiger partial charge in [-0.2, -0.15) is 0 Å². The lowest BCUT2D eigenvalue weighted by Gasteiger charge is -2.37. The summed E-state index contributed by atoms with van der Waals surface area (Å²) in [6.07, 6.45) is 0.903. The van der Waals surface area contributed by atoms with Crippen molar-refractivity contribution in [2.45, 2.75) is 25.0 Å². The van der Waals surface area contributed by atoms with Crippen LogP contribution in [0, 0.1) is 13.8 Å². The zero-order valence-corrected chi connectivity index (χ0v) is 20.1. The number of amides is 2. The van der Waals surface area contributed by atoms with Gasteiger partial charge in [-0.1, -0.05) is 23.9 Å². The molecule has 4 heterocycles. The molecular formula is C23H24N4O4S2. The summed E-state index contributed by atoms with van der Waals surface area (Å²) in [6.45, 7) is 6.32. The van der Waals surface area contributed by atoms with Crippen molar-refractivity contribution in [1.82, 2.24) is 19.8 Å². The van der Waals surface area contributed by atoms with Crippen LogP contribution in [0.25, 0.3) is 10.2 Å². The summed E-state index contributed by atoms with van der Waals surface area (Å²) < 4.78 is 11.5. The first kappa shape index (κ1) is 22.0. The molecule has 3 aromatic rings. The Labute approximate surface area is 199 Å². The molecule has 5 rings (SSSR count). The molecule has 0 N–H and O–H groups in total. The van der Waals surface area contributed by atoms with Crippen molar-refractivity contribution < 1.29 is 19.1 Å². The Morgan fingerprint density at radius 3 is 2.61 bits per heavy atom. The van der Waals surface area contributed by atoms with Gasteiger partial charge < -0.3 is 19.3 Å². The van der Waals surface area contributed by atoms with Gasteiger partial charge >= 0.3 is 0 Å². The third-order valence-electron chi connectivity index (χ3n) is 5.99. The van der Waals surface area contributed by atoms with E-state index in [4.69, 9.17) is 9.47 Å². The van der Waals surface area contributed by atoms with Crippen LogP contribution in [0.2, 0.25) is 0 Å². The van der Waals surface area contributed by atoms with E-state index in [-0.39, 0.29) is 18.4 Å². The topological polar surface area (TPSA) is 84.9 Å². The Morgan fingerprint density at radius 1 is 1.09 bits per heavy atom. The number of para-hydroxylation sites is 2. The normalized spacial score (nSPS) is 17.9. The van der Waals surface area contributed by atoms with Gasteiger partial charge in [0, 0.05) is 36.4 Å². The molecule has 0 saturated carbocycles. The summed E-state index contributed by atoms with van der Waals surface area (Å²) in [7, 11) is 0. The molecule has 8 nitrogen and oxygen atoms in total. The second kappa shape index (κ2) is 9.18. The number of fused-ring (bicyclic) bond motifs is 2. The molecule has 0 spiro atoms. The highest BCUT2D eigenvalue weighted by atomic mass is 32.2. The van der Waals surface area contributed by atoms with Crippen molar-refractivity contribution in [2.24, 2.45) is 0 Å². The number of aryl methyl sites for hydroxylation is 2. The molecule has 172 valence electrons. The van der Waals surface area contributed by atoms with E-state index in [1.165, 1.54) is 22.2 Å². The average Bonchev–Trinajstić information content (AvgIpc) is 3.15. The fourth-order valence-corrected chi connectivity index (χ4v) is 6.02. The molecule has 1 atom stereocenters. The highest BCUT2D eigenvalue weighted by Crippen LogP contribution is 2.34. The zero-order valence-electron chi connectivity index (χ0n) is 18.4. The first-order valence-corrected chi connectivity index (χ1v) is 12.6. The highest BCUT2D eigenvalue weighted by Gasteiger charge is 2.33. The molecule has 1 unspecified atom stereocenters. The Hall–Kier alpha value is -2.85. The molecule has 1 fully saturated rings. The quantitative estimate of drug-likeness (QED) is 0.416. The minimum absolute atomic E-state index is 0.0506. The van der Waals surface area contributed by atoms with Crippen LogP contribution in [0.5, 0.6) is 11.5 Å². The van der Waals surface area contributed by atoms with Crippen LogP contribution < -0.4 is 9.47 Å². The van der Waals surface area contributed by atoms with E-state index in [2.05, 4.69) is 23.8 Å². The van der Waals surface area contributed by atoms with Crippen LogP contribution in [0.15, 0.2) is 35.6 Å². The molecule has 1 aromatic carbocycles. The molecule has 0 bridgehead atoms. The Bertz CT molecular complexity index is 1210. The second-order valence-corrected chi connectivity index (χ2v) is 10.2. The summed E-state index contributed by atoms with van der Waals surface area (Å²) in [5.74, 6) is 1.50. The van der Waals surface area contributed by atoms with E-state index in [1.54, 1.807) is 28.6 Å². The molecule has 2 aliphatic heterocycles. The van der Waals surface area contributed by atoms with Gasteiger partial charge in [-0.05, 0) is 31.5 Å². The van der Waals surface area contributed by atoms with E-state index < -0.39 is 6.10 Å². The van der Waals surface area contributed by atoms with E-state index >= 15 is 0 Å². The van der Waals surface area contributed by atoms with Gasteiger partial charge in [-0.25, -0.2) is 9.97 Å². The maximum atomic E-state index is 12.9. The lowest BCUT2D eigenvalue weighted by Crippen LogP contribution is -2.55. The Morgan fingerprint density at radius 2 is 1.82 bits per heavy atom. The minimum Gasteiger partial charge on any atom is -0.485 e. The number of thioether (sulfide) groups is 1. The molecule has 33 heavy (non-hydrogen) atoms. The number of ether oxygens (including phenoxy) is 2. The van der Waals surface area contributed by atoms with Gasteiger partial charge in [0.1, 0.15) is 22.8 Å². The van der Waals surface area contributed by atoms with Crippen LogP contribution in [-0.4, -0.2) is 76.2 Å². The monoisotopic (exact) mass is 484 g/mol. The number of piperazine rings is 1. The summed E-state index contributed by atoms with van der Waals surface area (Å²) in [5.41, 5.74) is 1.18. The smallest absolute Gasteiger partial charge is 0.267 e.